The minimum Gasteiger partial charge on any atom is -0.462 e. The number of hydrogen-bond donors (Lipinski definition) is 1. The van der Waals surface area contributed by atoms with Crippen LogP contribution in [0.15, 0.2) is 52.4 Å². The van der Waals surface area contributed by atoms with Gasteiger partial charge >= 0.3 is 5.97 Å². The number of nitrogens with two attached hydrogens (primary N) is 1. The van der Waals surface area contributed by atoms with Gasteiger partial charge in [0.1, 0.15) is 17.6 Å². The van der Waals surface area contributed by atoms with Gasteiger partial charge in [-0.05, 0) is 19.1 Å². The third-order valence-electron chi connectivity index (χ3n) is 3.21. The average molecular weight is 356 g/mol. The van der Waals surface area contributed by atoms with Gasteiger partial charge in [-0.25, -0.2) is 19.7 Å². The smallest absolute Gasteiger partial charge is 0.343 e. The molecule has 0 saturated carbocycles. The van der Waals surface area contributed by atoms with Gasteiger partial charge in [0.15, 0.2) is 5.16 Å². The maximum absolute atomic E-state index is 11.7. The van der Waals surface area contributed by atoms with Crippen LogP contribution in [0.2, 0.25) is 0 Å². The number of aromatic nitrogens is 3. The number of thioether (sulfide) groups is 1. The largest absolute Gasteiger partial charge is 0.462 e. The molecule has 7 nitrogen and oxygen atoms in total. The molecule has 3 aromatic rings. The Morgan fingerprint density at radius 3 is 2.80 bits per heavy atom. The fourth-order valence-electron chi connectivity index (χ4n) is 2.04. The van der Waals surface area contributed by atoms with E-state index in [0.29, 0.717) is 16.8 Å². The van der Waals surface area contributed by atoms with E-state index in [1.165, 1.54) is 18.0 Å². The topological polar surface area (TPSA) is 104 Å². The molecule has 0 radical (unpaired) electrons. The highest BCUT2D eigenvalue weighted by Crippen LogP contribution is 2.24. The zero-order valence-electron chi connectivity index (χ0n) is 13.5. The molecule has 0 aliphatic carbocycles. The summed E-state index contributed by atoms with van der Waals surface area (Å²) in [4.78, 5) is 24.4. The average Bonchev–Trinajstić information content (AvgIpc) is 3.10. The van der Waals surface area contributed by atoms with Crippen molar-refractivity contribution in [3.05, 3.63) is 54.0 Å². The quantitative estimate of drug-likeness (QED) is 0.408. The zero-order chi connectivity index (χ0) is 17.6. The van der Waals surface area contributed by atoms with Crippen molar-refractivity contribution >= 4 is 23.5 Å². The maximum atomic E-state index is 11.7. The molecule has 0 bridgehead atoms. The Kier molecular flexibility index (Phi) is 5.30. The van der Waals surface area contributed by atoms with Gasteiger partial charge in [0.05, 0.1) is 12.3 Å². The lowest BCUT2D eigenvalue weighted by Gasteiger charge is -2.05. The Balaban J connectivity index is 1.65. The third-order valence-corrected chi connectivity index (χ3v) is 4.11. The maximum Gasteiger partial charge on any atom is 0.343 e. The molecule has 2 aromatic heterocycles. The van der Waals surface area contributed by atoms with E-state index in [4.69, 9.17) is 14.9 Å². The zero-order valence-corrected chi connectivity index (χ0v) is 14.3. The minimum atomic E-state index is -0.527. The fraction of sp³-hybridized carbons (Fsp3) is 0.176. The molecule has 0 atom stereocenters. The van der Waals surface area contributed by atoms with E-state index in [2.05, 4.69) is 15.0 Å². The van der Waals surface area contributed by atoms with Crippen molar-refractivity contribution in [1.29, 1.82) is 0 Å². The lowest BCUT2D eigenvalue weighted by atomic mass is 10.2. The van der Waals surface area contributed by atoms with Crippen LogP contribution in [0.25, 0.3) is 11.5 Å². The van der Waals surface area contributed by atoms with E-state index in [1.807, 2.05) is 30.3 Å². The standard InChI is InChI=1S/C17H16N4O3S/c1-2-23-16(22)13-8-19-17(21-14(13)18)25-10-12-9-24-15(20-12)11-6-4-3-5-7-11/h3-9H,2,10H2,1H3,(H2,18,19,21). The van der Waals surface area contributed by atoms with Crippen molar-refractivity contribution in [3.63, 3.8) is 0 Å². The number of esters is 1. The van der Waals surface area contributed by atoms with Crippen LogP contribution in [0.5, 0.6) is 0 Å². The second-order valence-corrected chi connectivity index (χ2v) is 5.91. The highest BCUT2D eigenvalue weighted by Gasteiger charge is 2.14. The van der Waals surface area contributed by atoms with Crippen LogP contribution < -0.4 is 5.73 Å². The highest BCUT2D eigenvalue weighted by atomic mass is 32.2. The monoisotopic (exact) mass is 356 g/mol. The van der Waals surface area contributed by atoms with Crippen LogP contribution in [0.3, 0.4) is 0 Å². The minimum absolute atomic E-state index is 0.0982. The van der Waals surface area contributed by atoms with Gasteiger partial charge in [-0.2, -0.15) is 0 Å². The summed E-state index contributed by atoms with van der Waals surface area (Å²) < 4.78 is 10.4. The number of benzene rings is 1. The second kappa shape index (κ2) is 7.80. The normalized spacial score (nSPS) is 10.6. The summed E-state index contributed by atoms with van der Waals surface area (Å²) in [5.74, 6) is 0.657. The van der Waals surface area contributed by atoms with Gasteiger partial charge in [0.2, 0.25) is 5.89 Å². The van der Waals surface area contributed by atoms with Gasteiger partial charge in [0.25, 0.3) is 0 Å². The molecule has 0 aliphatic rings. The Morgan fingerprint density at radius 1 is 1.28 bits per heavy atom. The van der Waals surface area contributed by atoms with Crippen molar-refractivity contribution < 1.29 is 13.9 Å². The van der Waals surface area contributed by atoms with E-state index >= 15 is 0 Å². The molecule has 3 rings (SSSR count). The van der Waals surface area contributed by atoms with E-state index in [9.17, 15) is 4.79 Å². The summed E-state index contributed by atoms with van der Waals surface area (Å²) >= 11 is 1.35. The lowest BCUT2D eigenvalue weighted by molar-refractivity contribution is 0.0526. The third kappa shape index (κ3) is 4.16. The molecule has 0 fully saturated rings. The molecule has 2 heterocycles. The predicted octanol–water partition coefficient (Wildman–Crippen LogP) is 3.18. The van der Waals surface area contributed by atoms with Gasteiger partial charge in [-0.15, -0.1) is 0 Å². The first-order valence-electron chi connectivity index (χ1n) is 7.59. The molecule has 128 valence electrons. The second-order valence-electron chi connectivity index (χ2n) is 4.97. The lowest BCUT2D eigenvalue weighted by Crippen LogP contribution is -2.10. The number of carbonyl (C=O) groups is 1. The molecule has 0 amide bonds. The molecule has 2 N–H and O–H groups in total. The summed E-state index contributed by atoms with van der Waals surface area (Å²) in [7, 11) is 0. The number of hydrogen-bond acceptors (Lipinski definition) is 8. The van der Waals surface area contributed by atoms with Gasteiger partial charge < -0.3 is 14.9 Å². The number of oxazole rings is 1. The number of nitrogens with zero attached hydrogens (tertiary/aromatic N) is 3. The first-order valence-corrected chi connectivity index (χ1v) is 8.58. The first-order chi connectivity index (χ1) is 12.2. The summed E-state index contributed by atoms with van der Waals surface area (Å²) in [6, 6.07) is 9.65. The van der Waals surface area contributed by atoms with Crippen LogP contribution in [-0.2, 0) is 10.5 Å². The predicted molar refractivity (Wildman–Crippen MR) is 93.9 cm³/mol. The first kappa shape index (κ1) is 17.0. The molecular formula is C17H16N4O3S. The van der Waals surface area contributed by atoms with Crippen LogP contribution in [0.4, 0.5) is 5.82 Å². The molecule has 8 heteroatoms. The fourth-order valence-corrected chi connectivity index (χ4v) is 2.74. The van der Waals surface area contributed by atoms with E-state index in [0.717, 1.165) is 11.3 Å². The Hall–Kier alpha value is -2.87. The number of anilines is 1. The highest BCUT2D eigenvalue weighted by molar-refractivity contribution is 7.98. The molecule has 1 aromatic carbocycles. The van der Waals surface area contributed by atoms with Gasteiger partial charge in [-0.1, -0.05) is 30.0 Å². The molecular weight excluding hydrogens is 340 g/mol. The SMILES string of the molecule is CCOC(=O)c1cnc(SCc2coc(-c3ccccc3)n2)nc1N. The van der Waals surface area contributed by atoms with Crippen molar-refractivity contribution in [2.24, 2.45) is 0 Å². The molecule has 0 unspecified atom stereocenters. The number of carbonyl (C=O) groups excluding carboxylic acids is 1. The Bertz CT molecular complexity index is 867. The summed E-state index contributed by atoms with van der Waals surface area (Å²) in [5.41, 5.74) is 7.65. The van der Waals surface area contributed by atoms with Crippen molar-refractivity contribution in [2.75, 3.05) is 12.3 Å². The summed E-state index contributed by atoms with van der Waals surface area (Å²) in [6.07, 6.45) is 2.98. The van der Waals surface area contributed by atoms with E-state index < -0.39 is 5.97 Å². The molecule has 0 aliphatic heterocycles. The van der Waals surface area contributed by atoms with Crippen LogP contribution in [0.1, 0.15) is 23.0 Å². The molecule has 0 spiro atoms. The number of nitrogen functional groups attached to an aromatic ring is 1. The van der Waals surface area contributed by atoms with E-state index in [-0.39, 0.29) is 18.0 Å². The van der Waals surface area contributed by atoms with E-state index in [1.54, 1.807) is 13.2 Å². The van der Waals surface area contributed by atoms with Crippen LogP contribution >= 0.6 is 11.8 Å². The van der Waals surface area contributed by atoms with Gasteiger partial charge in [-0.3, -0.25) is 0 Å². The van der Waals surface area contributed by atoms with Gasteiger partial charge in [0, 0.05) is 17.5 Å². The van der Waals surface area contributed by atoms with Crippen LogP contribution in [0, 0.1) is 0 Å². The summed E-state index contributed by atoms with van der Waals surface area (Å²) in [5, 5.41) is 0.454. The van der Waals surface area contributed by atoms with Crippen LogP contribution in [-0.4, -0.2) is 27.5 Å². The molecule has 0 saturated heterocycles. The number of ether oxygens (including phenoxy) is 1. The Labute approximate surface area is 148 Å². The van der Waals surface area contributed by atoms with Crippen molar-refractivity contribution in [3.8, 4) is 11.5 Å². The van der Waals surface area contributed by atoms with Crippen molar-refractivity contribution in [2.45, 2.75) is 17.8 Å². The van der Waals surface area contributed by atoms with Crippen molar-refractivity contribution in [1.82, 2.24) is 15.0 Å². The number of rotatable bonds is 6. The Morgan fingerprint density at radius 2 is 2.08 bits per heavy atom. The molecule has 25 heavy (non-hydrogen) atoms. The summed E-state index contributed by atoms with van der Waals surface area (Å²) in [6.45, 7) is 1.99.